The number of carbonyl (C=O) groups excluding carboxylic acids is 1. The van der Waals surface area contributed by atoms with E-state index in [1.807, 2.05) is 26.8 Å². The van der Waals surface area contributed by atoms with Gasteiger partial charge < -0.3 is 9.80 Å². The van der Waals surface area contributed by atoms with E-state index in [4.69, 9.17) is 4.99 Å². The first-order valence-electron chi connectivity index (χ1n) is 7.70. The van der Waals surface area contributed by atoms with Crippen molar-refractivity contribution in [3.05, 3.63) is 24.3 Å². The van der Waals surface area contributed by atoms with Crippen LogP contribution in [0.2, 0.25) is 0 Å². The molecule has 22 heavy (non-hydrogen) atoms. The van der Waals surface area contributed by atoms with Crippen molar-refractivity contribution in [1.29, 1.82) is 0 Å². The molecule has 0 radical (unpaired) electrons. The van der Waals surface area contributed by atoms with E-state index < -0.39 is 0 Å². The van der Waals surface area contributed by atoms with Crippen LogP contribution in [0.5, 0.6) is 0 Å². The summed E-state index contributed by atoms with van der Waals surface area (Å²) in [7, 11) is 0. The molecule has 0 saturated heterocycles. The van der Waals surface area contributed by atoms with Gasteiger partial charge in [-0.2, -0.15) is 0 Å². The molecule has 0 atom stereocenters. The molecule has 5 heteroatoms. The number of ketones is 1. The van der Waals surface area contributed by atoms with E-state index in [1.165, 1.54) is 5.69 Å². The first-order chi connectivity index (χ1) is 9.98. The highest BCUT2D eigenvalue weighted by Gasteiger charge is 2.35. The molecule has 120 valence electrons. The molecule has 2 aliphatic heterocycles. The molecule has 0 spiro atoms. The number of benzene rings is 1. The number of para-hydroxylation sites is 2. The van der Waals surface area contributed by atoms with Crippen molar-refractivity contribution in [2.24, 2.45) is 10.4 Å². The number of nitrogens with zero attached hydrogens (tertiary/aromatic N) is 3. The quantitative estimate of drug-likeness (QED) is 0.802. The summed E-state index contributed by atoms with van der Waals surface area (Å²) >= 11 is 0. The van der Waals surface area contributed by atoms with Crippen molar-refractivity contribution in [2.75, 3.05) is 29.4 Å². The summed E-state index contributed by atoms with van der Waals surface area (Å²) in [6.07, 6.45) is 2.26. The summed E-state index contributed by atoms with van der Waals surface area (Å²) in [6.45, 7) is 8.16. The first kappa shape index (κ1) is 17.0. The lowest BCUT2D eigenvalue weighted by atomic mass is 9.90. The maximum atomic E-state index is 12.5. The molecule has 1 aromatic rings. The smallest absolute Gasteiger partial charge is 0.206 e. The zero-order chi connectivity index (χ0) is 15.0. The molecule has 0 unspecified atom stereocenters. The summed E-state index contributed by atoms with van der Waals surface area (Å²) in [4.78, 5) is 21.6. The normalized spacial score (nSPS) is 17.1. The van der Waals surface area contributed by atoms with Gasteiger partial charge in [-0.15, -0.1) is 17.0 Å². The van der Waals surface area contributed by atoms with Crippen LogP contribution in [0.15, 0.2) is 29.3 Å². The number of rotatable bonds is 2. The van der Waals surface area contributed by atoms with Gasteiger partial charge in [0.15, 0.2) is 5.78 Å². The minimum absolute atomic E-state index is 0. The predicted molar refractivity (Wildman–Crippen MR) is 97.5 cm³/mol. The standard InChI is InChI=1S/C17H23N3O.BrH/c1-17(2,3)15(21)12-20-14-9-5-4-8-13(14)19-11-7-6-10-18-16(19)20;/h4-5,8-9H,6-7,10-12H2,1-3H3;1H. The fourth-order valence-electron chi connectivity index (χ4n) is 2.77. The summed E-state index contributed by atoms with van der Waals surface area (Å²) < 4.78 is 0. The third-order valence-corrected chi connectivity index (χ3v) is 4.13. The summed E-state index contributed by atoms with van der Waals surface area (Å²) in [5.41, 5.74) is 1.96. The Labute approximate surface area is 143 Å². The highest BCUT2D eigenvalue weighted by Crippen LogP contribution is 2.38. The molecular weight excluding hydrogens is 342 g/mol. The Balaban J connectivity index is 0.00000176. The molecule has 0 saturated carbocycles. The van der Waals surface area contributed by atoms with Gasteiger partial charge in [0, 0.05) is 18.5 Å². The Kier molecular flexibility index (Phi) is 4.95. The van der Waals surface area contributed by atoms with Crippen LogP contribution in [-0.4, -0.2) is 31.4 Å². The maximum Gasteiger partial charge on any atom is 0.206 e. The predicted octanol–water partition coefficient (Wildman–Crippen LogP) is 3.66. The van der Waals surface area contributed by atoms with E-state index >= 15 is 0 Å². The fourth-order valence-corrected chi connectivity index (χ4v) is 2.77. The monoisotopic (exact) mass is 365 g/mol. The van der Waals surface area contributed by atoms with E-state index in [9.17, 15) is 4.79 Å². The van der Waals surface area contributed by atoms with Crippen LogP contribution in [0.3, 0.4) is 0 Å². The van der Waals surface area contributed by atoms with Crippen LogP contribution < -0.4 is 9.80 Å². The van der Waals surface area contributed by atoms with Crippen molar-refractivity contribution >= 4 is 40.1 Å². The second kappa shape index (κ2) is 6.41. The number of fused-ring (bicyclic) bond motifs is 3. The molecule has 0 bridgehead atoms. The number of halogens is 1. The Morgan fingerprint density at radius 2 is 1.86 bits per heavy atom. The van der Waals surface area contributed by atoms with Crippen molar-refractivity contribution in [2.45, 2.75) is 33.6 Å². The molecule has 2 heterocycles. The third-order valence-electron chi connectivity index (χ3n) is 4.13. The van der Waals surface area contributed by atoms with Crippen LogP contribution in [0, 0.1) is 5.41 Å². The van der Waals surface area contributed by atoms with E-state index in [2.05, 4.69) is 28.0 Å². The SMILES string of the molecule is Br.CC(C)(C)C(=O)CN1C2=NCCCCN2c2ccccc21. The number of anilines is 2. The number of Topliss-reactive ketones (excluding diaryl/α,β-unsaturated/α-hetero) is 1. The second-order valence-corrected chi connectivity index (χ2v) is 6.79. The summed E-state index contributed by atoms with van der Waals surface area (Å²) in [5.74, 6) is 1.19. The Hall–Kier alpha value is -1.36. The number of carbonyl (C=O) groups is 1. The minimum Gasteiger partial charge on any atom is -0.310 e. The van der Waals surface area contributed by atoms with Crippen LogP contribution in [0.1, 0.15) is 33.6 Å². The van der Waals surface area contributed by atoms with Crippen LogP contribution in [-0.2, 0) is 4.79 Å². The lowest BCUT2D eigenvalue weighted by Gasteiger charge is -2.25. The fraction of sp³-hybridized carbons (Fsp3) is 0.529. The molecule has 0 amide bonds. The average Bonchev–Trinajstić information content (AvgIpc) is 2.61. The van der Waals surface area contributed by atoms with E-state index in [0.717, 1.165) is 37.6 Å². The highest BCUT2D eigenvalue weighted by atomic mass is 79.9. The first-order valence-corrected chi connectivity index (χ1v) is 7.70. The Bertz CT molecular complexity index is 592. The lowest BCUT2D eigenvalue weighted by molar-refractivity contribution is -0.124. The third kappa shape index (κ3) is 3.05. The molecule has 0 N–H and O–H groups in total. The van der Waals surface area contributed by atoms with Crippen molar-refractivity contribution in [1.82, 2.24) is 0 Å². The van der Waals surface area contributed by atoms with Gasteiger partial charge in [0.2, 0.25) is 5.96 Å². The van der Waals surface area contributed by atoms with Gasteiger partial charge in [-0.25, -0.2) is 0 Å². The molecule has 1 aromatic carbocycles. The van der Waals surface area contributed by atoms with Crippen molar-refractivity contribution in [3.8, 4) is 0 Å². The van der Waals surface area contributed by atoms with Gasteiger partial charge in [-0.05, 0) is 25.0 Å². The lowest BCUT2D eigenvalue weighted by Crippen LogP contribution is -2.43. The molecule has 0 aromatic heterocycles. The number of guanidine groups is 1. The van der Waals surface area contributed by atoms with Gasteiger partial charge in [0.25, 0.3) is 0 Å². The molecule has 0 fully saturated rings. The van der Waals surface area contributed by atoms with E-state index in [-0.39, 0.29) is 28.2 Å². The van der Waals surface area contributed by atoms with Crippen LogP contribution in [0.25, 0.3) is 0 Å². The Morgan fingerprint density at radius 1 is 1.18 bits per heavy atom. The number of aliphatic imine (C=N–C) groups is 1. The van der Waals surface area contributed by atoms with Crippen molar-refractivity contribution in [3.63, 3.8) is 0 Å². The zero-order valence-corrected chi connectivity index (χ0v) is 15.2. The minimum atomic E-state index is -0.326. The molecule has 3 rings (SSSR count). The van der Waals surface area contributed by atoms with E-state index in [1.54, 1.807) is 0 Å². The summed E-state index contributed by atoms with van der Waals surface area (Å²) in [5, 5.41) is 0. The van der Waals surface area contributed by atoms with Gasteiger partial charge in [-0.3, -0.25) is 9.79 Å². The molecule has 2 aliphatic rings. The van der Waals surface area contributed by atoms with Gasteiger partial charge in [0.1, 0.15) is 0 Å². The Morgan fingerprint density at radius 3 is 2.55 bits per heavy atom. The average molecular weight is 366 g/mol. The molecular formula is C17H24BrN3O. The van der Waals surface area contributed by atoms with Crippen LogP contribution in [0.4, 0.5) is 11.4 Å². The van der Waals surface area contributed by atoms with Crippen molar-refractivity contribution < 1.29 is 4.79 Å². The second-order valence-electron chi connectivity index (χ2n) is 6.79. The van der Waals surface area contributed by atoms with E-state index in [0.29, 0.717) is 6.54 Å². The largest absolute Gasteiger partial charge is 0.310 e. The van der Waals surface area contributed by atoms with Gasteiger partial charge in [-0.1, -0.05) is 32.9 Å². The number of hydrogen-bond acceptors (Lipinski definition) is 4. The van der Waals surface area contributed by atoms with Gasteiger partial charge >= 0.3 is 0 Å². The van der Waals surface area contributed by atoms with Gasteiger partial charge in [0.05, 0.1) is 17.9 Å². The topological polar surface area (TPSA) is 35.9 Å². The maximum absolute atomic E-state index is 12.5. The number of hydrogen-bond donors (Lipinski definition) is 0. The zero-order valence-electron chi connectivity index (χ0n) is 13.5. The van der Waals surface area contributed by atoms with Crippen LogP contribution >= 0.6 is 17.0 Å². The molecule has 0 aliphatic carbocycles. The highest BCUT2D eigenvalue weighted by molar-refractivity contribution is 8.93. The summed E-state index contributed by atoms with van der Waals surface area (Å²) in [6, 6.07) is 8.29. The molecule has 4 nitrogen and oxygen atoms in total.